The Kier molecular flexibility index (Phi) is 4.95. The Morgan fingerprint density at radius 2 is 1.84 bits per heavy atom. The van der Waals surface area contributed by atoms with Crippen LogP contribution in [-0.4, -0.2) is 27.4 Å². The second-order valence-corrected chi connectivity index (χ2v) is 11.4. The molecule has 1 aromatic carbocycles. The number of aromatic nitrogens is 1. The van der Waals surface area contributed by atoms with Gasteiger partial charge in [0.25, 0.3) is 0 Å². The summed E-state index contributed by atoms with van der Waals surface area (Å²) in [5.74, 6) is 1.80. The summed E-state index contributed by atoms with van der Waals surface area (Å²) in [4.78, 5) is 3.52. The van der Waals surface area contributed by atoms with Crippen molar-refractivity contribution in [3.05, 3.63) is 48.2 Å². The van der Waals surface area contributed by atoms with Crippen LogP contribution in [0.2, 0.25) is 0 Å². The Bertz CT molecular complexity index is 994. The van der Waals surface area contributed by atoms with E-state index < -0.39 is 0 Å². The van der Waals surface area contributed by atoms with Crippen molar-refractivity contribution in [3.63, 3.8) is 0 Å². The summed E-state index contributed by atoms with van der Waals surface area (Å²) in [7, 11) is 0. The maximum Gasteiger partial charge on any atom is 0.0605 e. The molecule has 2 aromatic rings. The molecule has 0 amide bonds. The van der Waals surface area contributed by atoms with E-state index in [1.165, 1.54) is 22.0 Å². The zero-order chi connectivity index (χ0) is 22.1. The van der Waals surface area contributed by atoms with E-state index in [4.69, 9.17) is 0 Å². The smallest absolute Gasteiger partial charge is 0.0605 e. The highest BCUT2D eigenvalue weighted by atomic mass is 16.3. The molecule has 3 aliphatic carbocycles. The van der Waals surface area contributed by atoms with Crippen LogP contribution in [0.25, 0.3) is 10.9 Å². The number of hydrogen-bond donors (Lipinski definition) is 3. The zero-order valence-corrected chi connectivity index (χ0v) is 19.6. The van der Waals surface area contributed by atoms with Crippen molar-refractivity contribution >= 4 is 10.9 Å². The molecule has 3 aliphatic rings. The van der Waals surface area contributed by atoms with Crippen LogP contribution in [0.1, 0.15) is 71.3 Å². The molecular weight excluding hydrogens is 382 g/mol. The number of allylic oxidation sites excluding steroid dienone is 1. The van der Waals surface area contributed by atoms with Gasteiger partial charge >= 0.3 is 0 Å². The van der Waals surface area contributed by atoms with Crippen LogP contribution in [0.3, 0.4) is 0 Å². The van der Waals surface area contributed by atoms with Crippen molar-refractivity contribution in [2.75, 3.05) is 0 Å². The van der Waals surface area contributed by atoms with Crippen LogP contribution < -0.4 is 0 Å². The Morgan fingerprint density at radius 1 is 1.10 bits per heavy atom. The van der Waals surface area contributed by atoms with Crippen LogP contribution in [0, 0.1) is 34.5 Å². The van der Waals surface area contributed by atoms with E-state index in [1.807, 2.05) is 0 Å². The highest BCUT2D eigenvalue weighted by molar-refractivity contribution is 5.83. The van der Waals surface area contributed by atoms with Crippen molar-refractivity contribution in [2.45, 2.75) is 77.9 Å². The molecular formula is C28H39NO2. The Labute approximate surface area is 187 Å². The quantitative estimate of drug-likeness (QED) is 0.518. The van der Waals surface area contributed by atoms with E-state index >= 15 is 0 Å². The highest BCUT2D eigenvalue weighted by Gasteiger charge is 2.70. The van der Waals surface area contributed by atoms with Gasteiger partial charge in [-0.3, -0.25) is 0 Å². The maximum absolute atomic E-state index is 11.7. The van der Waals surface area contributed by atoms with E-state index in [1.54, 1.807) is 0 Å². The molecule has 168 valence electrons. The molecule has 0 unspecified atom stereocenters. The lowest BCUT2D eigenvalue weighted by Crippen LogP contribution is -2.69. The van der Waals surface area contributed by atoms with E-state index in [-0.39, 0.29) is 23.0 Å². The van der Waals surface area contributed by atoms with Gasteiger partial charge in [-0.2, -0.15) is 0 Å². The van der Waals surface area contributed by atoms with Gasteiger partial charge in [-0.25, -0.2) is 0 Å². The largest absolute Gasteiger partial charge is 0.393 e. The number of para-hydroxylation sites is 1. The van der Waals surface area contributed by atoms with Crippen LogP contribution in [-0.2, 0) is 0 Å². The first-order valence-electron chi connectivity index (χ1n) is 12.3. The third-order valence-electron chi connectivity index (χ3n) is 10.3. The first-order chi connectivity index (χ1) is 14.7. The van der Waals surface area contributed by atoms with E-state index in [0.29, 0.717) is 29.6 Å². The van der Waals surface area contributed by atoms with Crippen LogP contribution >= 0.6 is 0 Å². The molecule has 1 spiro atoms. The monoisotopic (exact) mass is 421 g/mol. The van der Waals surface area contributed by atoms with Gasteiger partial charge < -0.3 is 15.2 Å². The van der Waals surface area contributed by atoms with Gasteiger partial charge in [0.2, 0.25) is 0 Å². The Hall–Kier alpha value is -1.58. The maximum atomic E-state index is 11.7. The molecule has 3 nitrogen and oxygen atoms in total. The number of hydrogen-bond acceptors (Lipinski definition) is 2. The number of benzene rings is 1. The third-order valence-corrected chi connectivity index (χ3v) is 10.3. The second-order valence-electron chi connectivity index (χ2n) is 11.4. The minimum Gasteiger partial charge on any atom is -0.393 e. The average molecular weight is 422 g/mol. The van der Waals surface area contributed by atoms with Crippen LogP contribution in [0.15, 0.2) is 42.6 Å². The van der Waals surface area contributed by atoms with E-state index in [2.05, 4.69) is 69.7 Å². The second kappa shape index (κ2) is 7.22. The predicted octanol–water partition coefficient (Wildman–Crippen LogP) is 6.04. The molecule has 1 aromatic heterocycles. The van der Waals surface area contributed by atoms with Gasteiger partial charge in [0.15, 0.2) is 0 Å². The Morgan fingerprint density at radius 3 is 2.58 bits per heavy atom. The molecule has 0 radical (unpaired) electrons. The summed E-state index contributed by atoms with van der Waals surface area (Å²) in [6.45, 7) is 13.6. The van der Waals surface area contributed by atoms with Crippen molar-refractivity contribution < 1.29 is 10.2 Å². The van der Waals surface area contributed by atoms with Gasteiger partial charge in [-0.1, -0.05) is 51.1 Å². The summed E-state index contributed by atoms with van der Waals surface area (Å²) in [5, 5.41) is 24.5. The van der Waals surface area contributed by atoms with Crippen molar-refractivity contribution in [1.29, 1.82) is 0 Å². The summed E-state index contributed by atoms with van der Waals surface area (Å²) >= 11 is 0. The van der Waals surface area contributed by atoms with Gasteiger partial charge in [-0.15, -0.1) is 0 Å². The summed E-state index contributed by atoms with van der Waals surface area (Å²) in [5.41, 5.74) is 3.30. The lowest BCUT2D eigenvalue weighted by molar-refractivity contribution is -0.266. The number of H-pyrrole nitrogens is 1. The van der Waals surface area contributed by atoms with E-state index in [0.717, 1.165) is 32.1 Å². The standard InChI is InChI=1S/C28H39NO2/c1-16(2)19-12-13-28-23(30)11-10-18(4)27(28,5)24(31)14-17(3)26(28)25(19)21-15-29-22-9-7-6-8-20(21)22/h6-9,15,17-19,23-26,29-31H,1,10-14H2,2-5H3/t17-,18-,19+,23+,24-,25-,26+,27-,28+/m0/s1. The lowest BCUT2D eigenvalue weighted by atomic mass is 9.35. The molecule has 3 saturated carbocycles. The third kappa shape index (κ3) is 2.66. The van der Waals surface area contributed by atoms with Crippen LogP contribution in [0.5, 0.6) is 0 Å². The number of aromatic amines is 1. The molecule has 3 heteroatoms. The number of rotatable bonds is 2. The number of fused-ring (bicyclic) bond motifs is 1. The fourth-order valence-corrected chi connectivity index (χ4v) is 8.69. The fraction of sp³-hybridized carbons (Fsp3) is 0.643. The van der Waals surface area contributed by atoms with Gasteiger partial charge in [0.05, 0.1) is 12.2 Å². The molecule has 5 rings (SSSR count). The fourth-order valence-electron chi connectivity index (χ4n) is 8.69. The summed E-state index contributed by atoms with van der Waals surface area (Å²) < 4.78 is 0. The van der Waals surface area contributed by atoms with Crippen LogP contribution in [0.4, 0.5) is 0 Å². The SMILES string of the molecule is C=C(C)[C@H]1CC[C@@]23[C@@H]([C@@H]1c1c[nH]c4ccccc14)[C@@H](C)C[C@H](O)[C@]2(C)[C@@H](C)CC[C@H]3O. The number of nitrogens with one attached hydrogen (secondary N) is 1. The van der Waals surface area contributed by atoms with Gasteiger partial charge in [-0.05, 0) is 80.2 Å². The van der Waals surface area contributed by atoms with Gasteiger partial charge in [0.1, 0.15) is 0 Å². The summed E-state index contributed by atoms with van der Waals surface area (Å²) in [6, 6.07) is 8.61. The van der Waals surface area contributed by atoms with Crippen molar-refractivity contribution in [3.8, 4) is 0 Å². The molecule has 0 saturated heterocycles. The number of aliphatic hydroxyl groups is 2. The van der Waals surface area contributed by atoms with Gasteiger partial charge in [0, 0.05) is 27.9 Å². The van der Waals surface area contributed by atoms with E-state index in [9.17, 15) is 10.2 Å². The minimum absolute atomic E-state index is 0.253. The molecule has 1 heterocycles. The first kappa shape index (κ1) is 21.3. The molecule has 0 bridgehead atoms. The molecule has 3 fully saturated rings. The van der Waals surface area contributed by atoms with Crippen molar-refractivity contribution in [1.82, 2.24) is 4.98 Å². The topological polar surface area (TPSA) is 56.2 Å². The first-order valence-corrected chi connectivity index (χ1v) is 12.3. The molecule has 9 atom stereocenters. The minimum atomic E-state index is -0.353. The van der Waals surface area contributed by atoms with Crippen molar-refractivity contribution in [2.24, 2.45) is 34.5 Å². The summed E-state index contributed by atoms with van der Waals surface area (Å²) in [6.07, 6.45) is 6.21. The average Bonchev–Trinajstić information content (AvgIpc) is 3.17. The lowest BCUT2D eigenvalue weighted by Gasteiger charge is -2.70. The highest BCUT2D eigenvalue weighted by Crippen LogP contribution is 2.72. The zero-order valence-electron chi connectivity index (χ0n) is 19.6. The predicted molar refractivity (Wildman–Crippen MR) is 127 cm³/mol. The number of aliphatic hydroxyl groups excluding tert-OH is 2. The molecule has 3 N–H and O–H groups in total. The molecule has 0 aliphatic heterocycles. The molecule has 31 heavy (non-hydrogen) atoms. The normalized spacial score (nSPS) is 45.2. The Balaban J connectivity index is 1.75.